The van der Waals surface area contributed by atoms with Crippen LogP contribution in [0.4, 0.5) is 29.1 Å². The van der Waals surface area contributed by atoms with Crippen molar-refractivity contribution in [2.75, 3.05) is 44.9 Å². The fourth-order valence-electron chi connectivity index (χ4n) is 10.0. The molecule has 0 bridgehead atoms. The lowest BCUT2D eigenvalue weighted by Crippen LogP contribution is -2.52. The van der Waals surface area contributed by atoms with Crippen LogP contribution in [0.1, 0.15) is 153 Å². The van der Waals surface area contributed by atoms with Crippen LogP contribution in [-0.2, 0) is 28.7 Å². The second-order valence-corrected chi connectivity index (χ2v) is 18.2. The highest BCUT2D eigenvalue weighted by Gasteiger charge is 2.41. The maximum atomic E-state index is 14.8. The summed E-state index contributed by atoms with van der Waals surface area (Å²) >= 11 is 0. The number of methoxy groups -OCH3 is 2. The number of aromatic nitrogens is 2. The van der Waals surface area contributed by atoms with Gasteiger partial charge in [0.15, 0.2) is 11.5 Å². The molecule has 12 nitrogen and oxygen atoms in total. The number of hydrogen-bond donors (Lipinski definition) is 3. The zero-order valence-electron chi connectivity index (χ0n) is 38.6. The standard InChI is InChI=1S/C50H63F4N7O5/c1-30(33-23-34(50(52,53)54)25-36(55)24-33)56-47-40-28-43(65-3)46(66-4)37(45(40)57-31(2)58-47)15-13-11-9-7-5-6-8-10-12-14-20-60-21-18-32(19-22-60)38-26-35(51)27-39-41(38)29-61(49(39)64)42-16-17-44(62)59-48(42)63/h23-28,30,32,42H,5-22,29,55H2,1-4H3,(H,56,57,58)(H,59,62,63). The first-order valence-corrected chi connectivity index (χ1v) is 23.5. The average molecular weight is 918 g/mol. The molecule has 4 N–H and O–H groups in total. The van der Waals surface area contributed by atoms with Gasteiger partial charge in [-0.3, -0.25) is 19.7 Å². The lowest BCUT2D eigenvalue weighted by molar-refractivity contribution is -0.138. The van der Waals surface area contributed by atoms with E-state index in [0.29, 0.717) is 46.1 Å². The highest BCUT2D eigenvalue weighted by atomic mass is 19.4. The molecule has 356 valence electrons. The monoisotopic (exact) mass is 917 g/mol. The number of benzene rings is 3. The first-order valence-electron chi connectivity index (χ1n) is 23.5. The molecule has 3 aromatic carbocycles. The van der Waals surface area contributed by atoms with Crippen LogP contribution in [0.3, 0.4) is 0 Å². The number of imide groups is 1. The summed E-state index contributed by atoms with van der Waals surface area (Å²) < 4.78 is 67.2. The lowest BCUT2D eigenvalue weighted by Gasteiger charge is -2.33. The molecule has 0 spiro atoms. The minimum absolute atomic E-state index is 0.0309. The van der Waals surface area contributed by atoms with E-state index in [-0.39, 0.29) is 42.8 Å². The van der Waals surface area contributed by atoms with Gasteiger partial charge in [-0.15, -0.1) is 0 Å². The molecule has 4 aromatic rings. The van der Waals surface area contributed by atoms with Crippen molar-refractivity contribution >= 4 is 40.1 Å². The number of amides is 3. The predicted molar refractivity (Wildman–Crippen MR) is 246 cm³/mol. The van der Waals surface area contributed by atoms with Gasteiger partial charge in [-0.1, -0.05) is 51.4 Å². The van der Waals surface area contributed by atoms with Crippen LogP contribution in [0.2, 0.25) is 0 Å². The van der Waals surface area contributed by atoms with Crippen LogP contribution >= 0.6 is 0 Å². The van der Waals surface area contributed by atoms with Crippen LogP contribution in [0.25, 0.3) is 10.9 Å². The molecule has 0 radical (unpaired) electrons. The molecule has 3 aliphatic rings. The third kappa shape index (κ3) is 11.4. The number of anilines is 2. The van der Waals surface area contributed by atoms with Crippen LogP contribution < -0.4 is 25.8 Å². The van der Waals surface area contributed by atoms with Crippen LogP contribution in [-0.4, -0.2) is 77.4 Å². The fraction of sp³-hybridized carbons (Fsp3) is 0.540. The number of unbranched alkanes of at least 4 members (excludes halogenated alkanes) is 9. The van der Waals surface area contributed by atoms with Crippen molar-refractivity contribution in [3.8, 4) is 11.5 Å². The van der Waals surface area contributed by atoms with E-state index in [9.17, 15) is 31.9 Å². The normalized spacial score (nSPS) is 17.6. The highest BCUT2D eigenvalue weighted by Crippen LogP contribution is 2.42. The zero-order valence-corrected chi connectivity index (χ0v) is 38.6. The number of ether oxygens (including phenoxy) is 2. The molecule has 4 heterocycles. The Bertz CT molecular complexity index is 2400. The quantitative estimate of drug-likeness (QED) is 0.0338. The second-order valence-electron chi connectivity index (χ2n) is 18.2. The number of likely N-dealkylation sites (tertiary alicyclic amines) is 1. The van der Waals surface area contributed by atoms with Gasteiger partial charge in [0.2, 0.25) is 11.8 Å². The summed E-state index contributed by atoms with van der Waals surface area (Å²) in [4.78, 5) is 51.0. The lowest BCUT2D eigenvalue weighted by atomic mass is 9.85. The van der Waals surface area contributed by atoms with Crippen LogP contribution in [0.5, 0.6) is 11.5 Å². The Morgan fingerprint density at radius 1 is 0.879 bits per heavy atom. The third-order valence-corrected chi connectivity index (χ3v) is 13.5. The number of nitrogens with two attached hydrogens (primary N) is 1. The maximum absolute atomic E-state index is 14.8. The summed E-state index contributed by atoms with van der Waals surface area (Å²) in [5.41, 5.74) is 9.15. The van der Waals surface area contributed by atoms with E-state index < -0.39 is 35.5 Å². The highest BCUT2D eigenvalue weighted by molar-refractivity contribution is 6.05. The van der Waals surface area contributed by atoms with Gasteiger partial charge in [0.1, 0.15) is 23.5 Å². The number of fused-ring (bicyclic) bond motifs is 2. The van der Waals surface area contributed by atoms with Crippen molar-refractivity contribution in [2.45, 2.75) is 141 Å². The molecule has 1 aromatic heterocycles. The van der Waals surface area contributed by atoms with Crippen molar-refractivity contribution in [1.82, 2.24) is 25.1 Å². The van der Waals surface area contributed by atoms with Crippen molar-refractivity contribution in [2.24, 2.45) is 0 Å². The summed E-state index contributed by atoms with van der Waals surface area (Å²) in [6.45, 7) is 6.72. The van der Waals surface area contributed by atoms with E-state index in [1.165, 1.54) is 49.1 Å². The molecule has 16 heteroatoms. The van der Waals surface area contributed by atoms with E-state index in [1.54, 1.807) is 34.1 Å². The number of carbonyl (C=O) groups is 3. The van der Waals surface area contributed by atoms with Gasteiger partial charge >= 0.3 is 6.18 Å². The molecule has 0 aliphatic carbocycles. The molecule has 3 aliphatic heterocycles. The Morgan fingerprint density at radius 2 is 1.56 bits per heavy atom. The largest absolute Gasteiger partial charge is 0.493 e. The van der Waals surface area contributed by atoms with E-state index in [1.807, 2.05) is 6.07 Å². The summed E-state index contributed by atoms with van der Waals surface area (Å²) in [6.07, 6.45) is 9.83. The van der Waals surface area contributed by atoms with Gasteiger partial charge in [-0.05, 0) is 131 Å². The summed E-state index contributed by atoms with van der Waals surface area (Å²) in [7, 11) is 3.18. The van der Waals surface area contributed by atoms with E-state index in [4.69, 9.17) is 20.2 Å². The predicted octanol–water partition coefficient (Wildman–Crippen LogP) is 9.95. The molecular formula is C50H63F4N7O5. The van der Waals surface area contributed by atoms with Gasteiger partial charge in [0.25, 0.3) is 5.91 Å². The Balaban J connectivity index is 0.813. The molecule has 7 rings (SSSR count). The van der Waals surface area contributed by atoms with E-state index in [0.717, 1.165) is 98.9 Å². The van der Waals surface area contributed by atoms with Gasteiger partial charge in [-0.25, -0.2) is 14.4 Å². The number of carbonyl (C=O) groups excluding carboxylic acids is 3. The van der Waals surface area contributed by atoms with Crippen molar-refractivity contribution in [3.63, 3.8) is 0 Å². The molecule has 3 amide bonds. The first kappa shape index (κ1) is 48.4. The fourth-order valence-corrected chi connectivity index (χ4v) is 10.0. The molecule has 2 atom stereocenters. The Labute approximate surface area is 384 Å². The molecule has 2 saturated heterocycles. The Morgan fingerprint density at radius 3 is 2.21 bits per heavy atom. The first-order chi connectivity index (χ1) is 31.6. The van der Waals surface area contributed by atoms with Crippen molar-refractivity contribution < 1.29 is 41.4 Å². The van der Waals surface area contributed by atoms with Gasteiger partial charge in [0, 0.05) is 35.2 Å². The minimum Gasteiger partial charge on any atom is -0.493 e. The number of nitrogen functional groups attached to an aromatic ring is 1. The number of nitrogens with zero attached hydrogens (tertiary/aromatic N) is 4. The van der Waals surface area contributed by atoms with Gasteiger partial charge < -0.3 is 30.3 Å². The molecule has 66 heavy (non-hydrogen) atoms. The molecule has 2 unspecified atom stereocenters. The molecule has 2 fully saturated rings. The van der Waals surface area contributed by atoms with E-state index >= 15 is 0 Å². The van der Waals surface area contributed by atoms with Crippen molar-refractivity contribution in [3.05, 3.63) is 81.4 Å². The third-order valence-electron chi connectivity index (χ3n) is 13.5. The topological polar surface area (TPSA) is 152 Å². The minimum atomic E-state index is -4.52. The molecule has 0 saturated carbocycles. The van der Waals surface area contributed by atoms with Gasteiger partial charge in [-0.2, -0.15) is 13.2 Å². The summed E-state index contributed by atoms with van der Waals surface area (Å²) in [5, 5.41) is 6.34. The number of aryl methyl sites for hydroxylation is 2. The second kappa shape index (κ2) is 21.4. The Hall–Kier alpha value is -5.51. The SMILES string of the molecule is COc1cc2c(NC(C)c3cc(N)cc(C(F)(F)F)c3)nc(C)nc2c(CCCCCCCCCCCCN2CCC(c3cc(F)cc4c3CN(C3CCC(=O)NC3=O)C4=O)CC2)c1OC. The van der Waals surface area contributed by atoms with Crippen molar-refractivity contribution in [1.29, 1.82) is 0 Å². The van der Waals surface area contributed by atoms with Crippen LogP contribution in [0.15, 0.2) is 36.4 Å². The maximum Gasteiger partial charge on any atom is 0.416 e. The number of hydrogen-bond acceptors (Lipinski definition) is 10. The Kier molecular flexibility index (Phi) is 15.7. The number of alkyl halides is 3. The summed E-state index contributed by atoms with van der Waals surface area (Å²) in [5.74, 6) is 0.738. The number of halogens is 4. The molecular weight excluding hydrogens is 855 g/mol. The van der Waals surface area contributed by atoms with Crippen LogP contribution in [0, 0.1) is 12.7 Å². The van der Waals surface area contributed by atoms with Gasteiger partial charge in [0.05, 0.1) is 31.3 Å². The number of piperidine rings is 2. The number of rotatable bonds is 20. The smallest absolute Gasteiger partial charge is 0.416 e. The zero-order chi connectivity index (χ0) is 47.1. The summed E-state index contributed by atoms with van der Waals surface area (Å²) in [6, 6.07) is 6.98. The van der Waals surface area contributed by atoms with E-state index in [2.05, 4.69) is 20.5 Å². The average Bonchev–Trinajstić information content (AvgIpc) is 3.60. The number of nitrogens with one attached hydrogen (secondary N) is 2.